The van der Waals surface area contributed by atoms with Crippen LogP contribution in [0.5, 0.6) is 0 Å². The lowest BCUT2D eigenvalue weighted by Crippen LogP contribution is -2.32. The molecule has 0 fully saturated rings. The van der Waals surface area contributed by atoms with Crippen molar-refractivity contribution in [3.05, 3.63) is 18.2 Å². The monoisotopic (exact) mass is 264 g/mol. The summed E-state index contributed by atoms with van der Waals surface area (Å²) in [5, 5.41) is 9.09. The summed E-state index contributed by atoms with van der Waals surface area (Å²) in [5.41, 5.74) is 0. The fourth-order valence-electron chi connectivity index (χ4n) is 1.44. The first-order chi connectivity index (χ1) is 9.11. The molecule has 19 heavy (non-hydrogen) atoms. The van der Waals surface area contributed by atoms with Crippen LogP contribution in [0.25, 0.3) is 0 Å². The molecule has 106 valence electrons. The highest BCUT2D eigenvalue weighted by Crippen LogP contribution is 2.08. The molecule has 0 radical (unpaired) electrons. The number of carbonyl (C=O) groups is 1. The Labute approximate surface area is 115 Å². The molecule has 5 heteroatoms. The maximum absolute atomic E-state index is 11.6. The van der Waals surface area contributed by atoms with Crippen LogP contribution in [0.15, 0.2) is 18.2 Å². The molecule has 0 saturated carbocycles. The van der Waals surface area contributed by atoms with Crippen molar-refractivity contribution < 1.29 is 4.79 Å². The highest BCUT2D eigenvalue weighted by atomic mass is 16.1. The van der Waals surface area contributed by atoms with E-state index in [2.05, 4.69) is 41.7 Å². The predicted molar refractivity (Wildman–Crippen MR) is 79.4 cm³/mol. The van der Waals surface area contributed by atoms with Gasteiger partial charge in [0.1, 0.15) is 11.6 Å². The van der Waals surface area contributed by atoms with Gasteiger partial charge in [-0.2, -0.15) is 0 Å². The second kappa shape index (κ2) is 8.34. The van der Waals surface area contributed by atoms with E-state index in [-0.39, 0.29) is 12.5 Å². The van der Waals surface area contributed by atoms with Crippen molar-refractivity contribution in [3.63, 3.8) is 0 Å². The van der Waals surface area contributed by atoms with E-state index >= 15 is 0 Å². The number of aromatic nitrogens is 1. The summed E-state index contributed by atoms with van der Waals surface area (Å²) in [6.07, 6.45) is 1.05. The molecule has 0 aliphatic rings. The van der Waals surface area contributed by atoms with Gasteiger partial charge in [-0.25, -0.2) is 4.98 Å². The summed E-state index contributed by atoms with van der Waals surface area (Å²) in [6.45, 7) is 8.08. The molecular formula is C14H24N4O. The molecule has 0 aromatic carbocycles. The minimum absolute atomic E-state index is 0.0116. The smallest absolute Gasteiger partial charge is 0.239 e. The first-order valence-corrected chi connectivity index (χ1v) is 6.83. The van der Waals surface area contributed by atoms with Crippen LogP contribution in [-0.4, -0.2) is 30.5 Å². The molecule has 0 aliphatic carbocycles. The van der Waals surface area contributed by atoms with E-state index in [1.807, 2.05) is 18.2 Å². The number of pyridine rings is 1. The number of anilines is 2. The van der Waals surface area contributed by atoms with E-state index in [0.29, 0.717) is 18.3 Å². The molecule has 0 aliphatic heterocycles. The standard InChI is InChI=1S/C14H24N4O/c1-4-8-15-12-6-5-7-13(18-12)16-10-14(19)17-9-11(2)3/h5-7,11H,4,8-10H2,1-3H3,(H,17,19)(H2,15,16,18). The Morgan fingerprint density at radius 3 is 2.58 bits per heavy atom. The van der Waals surface area contributed by atoms with Gasteiger partial charge in [0, 0.05) is 13.1 Å². The molecule has 0 atom stereocenters. The van der Waals surface area contributed by atoms with Gasteiger partial charge in [-0.1, -0.05) is 26.8 Å². The summed E-state index contributed by atoms with van der Waals surface area (Å²) in [7, 11) is 0. The number of hydrogen-bond donors (Lipinski definition) is 3. The van der Waals surface area contributed by atoms with Crippen molar-refractivity contribution in [1.82, 2.24) is 10.3 Å². The molecule has 1 rings (SSSR count). The van der Waals surface area contributed by atoms with Gasteiger partial charge in [0.05, 0.1) is 6.54 Å². The number of nitrogens with one attached hydrogen (secondary N) is 3. The Bertz CT molecular complexity index is 393. The predicted octanol–water partition coefficient (Wildman–Crippen LogP) is 2.09. The van der Waals surface area contributed by atoms with Crippen molar-refractivity contribution >= 4 is 17.5 Å². The fraction of sp³-hybridized carbons (Fsp3) is 0.571. The minimum atomic E-state index is -0.0116. The van der Waals surface area contributed by atoms with Gasteiger partial charge < -0.3 is 16.0 Å². The first-order valence-electron chi connectivity index (χ1n) is 6.83. The van der Waals surface area contributed by atoms with Gasteiger partial charge in [0.25, 0.3) is 0 Å². The molecule has 3 N–H and O–H groups in total. The number of hydrogen-bond acceptors (Lipinski definition) is 4. The van der Waals surface area contributed by atoms with E-state index in [1.165, 1.54) is 0 Å². The van der Waals surface area contributed by atoms with Crippen molar-refractivity contribution in [2.45, 2.75) is 27.2 Å². The third-order valence-electron chi connectivity index (χ3n) is 2.44. The zero-order valence-corrected chi connectivity index (χ0v) is 12.0. The lowest BCUT2D eigenvalue weighted by molar-refractivity contribution is -0.119. The van der Waals surface area contributed by atoms with E-state index in [0.717, 1.165) is 18.8 Å². The molecule has 0 spiro atoms. The van der Waals surface area contributed by atoms with Crippen molar-refractivity contribution in [1.29, 1.82) is 0 Å². The fourth-order valence-corrected chi connectivity index (χ4v) is 1.44. The number of amides is 1. The zero-order chi connectivity index (χ0) is 14.1. The molecule has 0 unspecified atom stereocenters. The average molecular weight is 264 g/mol. The van der Waals surface area contributed by atoms with Gasteiger partial charge in [-0.15, -0.1) is 0 Å². The van der Waals surface area contributed by atoms with Crippen LogP contribution >= 0.6 is 0 Å². The first kappa shape index (κ1) is 15.3. The Morgan fingerprint density at radius 1 is 1.26 bits per heavy atom. The molecular weight excluding hydrogens is 240 g/mol. The normalized spacial score (nSPS) is 10.3. The second-order valence-corrected chi connectivity index (χ2v) is 4.89. The van der Waals surface area contributed by atoms with Crippen LogP contribution in [0.1, 0.15) is 27.2 Å². The van der Waals surface area contributed by atoms with Crippen LogP contribution in [0.4, 0.5) is 11.6 Å². The third kappa shape index (κ3) is 6.64. The topological polar surface area (TPSA) is 66.0 Å². The maximum atomic E-state index is 11.6. The molecule has 1 heterocycles. The van der Waals surface area contributed by atoms with Crippen LogP contribution in [0.2, 0.25) is 0 Å². The van der Waals surface area contributed by atoms with E-state index < -0.39 is 0 Å². The third-order valence-corrected chi connectivity index (χ3v) is 2.44. The summed E-state index contributed by atoms with van der Waals surface area (Å²) < 4.78 is 0. The van der Waals surface area contributed by atoms with Crippen LogP contribution in [0, 0.1) is 5.92 Å². The minimum Gasteiger partial charge on any atom is -0.370 e. The van der Waals surface area contributed by atoms with Gasteiger partial charge in [0.15, 0.2) is 0 Å². The SMILES string of the molecule is CCCNc1cccc(NCC(=O)NCC(C)C)n1. The lowest BCUT2D eigenvalue weighted by Gasteiger charge is -2.10. The van der Waals surface area contributed by atoms with Gasteiger partial charge in [0.2, 0.25) is 5.91 Å². The van der Waals surface area contributed by atoms with E-state index in [9.17, 15) is 4.79 Å². The van der Waals surface area contributed by atoms with E-state index in [4.69, 9.17) is 0 Å². The van der Waals surface area contributed by atoms with Crippen molar-refractivity contribution in [2.24, 2.45) is 5.92 Å². The molecule has 0 bridgehead atoms. The molecule has 1 aromatic rings. The summed E-state index contributed by atoms with van der Waals surface area (Å²) in [4.78, 5) is 15.9. The molecule has 5 nitrogen and oxygen atoms in total. The van der Waals surface area contributed by atoms with Gasteiger partial charge >= 0.3 is 0 Å². The second-order valence-electron chi connectivity index (χ2n) is 4.89. The Morgan fingerprint density at radius 2 is 1.95 bits per heavy atom. The summed E-state index contributed by atoms with van der Waals surface area (Å²) in [6, 6.07) is 5.69. The Hall–Kier alpha value is -1.78. The Balaban J connectivity index is 2.38. The van der Waals surface area contributed by atoms with Crippen LogP contribution in [-0.2, 0) is 4.79 Å². The molecule has 0 saturated heterocycles. The highest BCUT2D eigenvalue weighted by molar-refractivity contribution is 5.80. The summed E-state index contributed by atoms with van der Waals surface area (Å²) >= 11 is 0. The van der Waals surface area contributed by atoms with Crippen molar-refractivity contribution in [2.75, 3.05) is 30.3 Å². The number of carbonyl (C=O) groups excluding carboxylic acids is 1. The Kier molecular flexibility index (Phi) is 6.71. The molecule has 1 aromatic heterocycles. The largest absolute Gasteiger partial charge is 0.370 e. The van der Waals surface area contributed by atoms with Gasteiger partial charge in [-0.05, 0) is 24.5 Å². The number of rotatable bonds is 8. The average Bonchev–Trinajstić information content (AvgIpc) is 2.41. The highest BCUT2D eigenvalue weighted by Gasteiger charge is 2.03. The lowest BCUT2D eigenvalue weighted by atomic mass is 10.2. The van der Waals surface area contributed by atoms with E-state index in [1.54, 1.807) is 0 Å². The quantitative estimate of drug-likeness (QED) is 0.672. The zero-order valence-electron chi connectivity index (χ0n) is 12.0. The summed E-state index contributed by atoms with van der Waals surface area (Å²) in [5.74, 6) is 1.99. The maximum Gasteiger partial charge on any atom is 0.239 e. The molecule has 1 amide bonds. The van der Waals surface area contributed by atoms with Crippen LogP contribution < -0.4 is 16.0 Å². The van der Waals surface area contributed by atoms with Gasteiger partial charge in [-0.3, -0.25) is 4.79 Å². The van der Waals surface area contributed by atoms with Crippen molar-refractivity contribution in [3.8, 4) is 0 Å². The van der Waals surface area contributed by atoms with Crippen LogP contribution in [0.3, 0.4) is 0 Å². The number of nitrogens with zero attached hydrogens (tertiary/aromatic N) is 1.